The first kappa shape index (κ1) is 15.8. The molecule has 2 unspecified atom stereocenters. The summed E-state index contributed by atoms with van der Waals surface area (Å²) in [5.74, 6) is 0.873. The Morgan fingerprint density at radius 1 is 1.19 bits per heavy atom. The van der Waals surface area contributed by atoms with Gasteiger partial charge in [0.2, 0.25) is 5.91 Å². The van der Waals surface area contributed by atoms with Crippen LogP contribution in [0.3, 0.4) is 0 Å². The molecule has 1 fully saturated rings. The van der Waals surface area contributed by atoms with E-state index in [0.717, 1.165) is 18.4 Å². The van der Waals surface area contributed by atoms with Crippen LogP contribution in [0.1, 0.15) is 32.3 Å². The number of hydrogen-bond donors (Lipinski definition) is 4. The summed E-state index contributed by atoms with van der Waals surface area (Å²) < 4.78 is 0. The highest BCUT2D eigenvalue weighted by molar-refractivity contribution is 5.75. The fraction of sp³-hybridized carbons (Fsp3) is 0.562. The molecule has 1 amide bonds. The maximum absolute atomic E-state index is 11.9. The number of phenols is 1. The standard InChI is InChI=1S/C16H25N3O2/c1-11-15(12(2)19-18-11)7-8-16(21)17-10-9-13-3-5-14(20)6-4-13/h3-6,11-12,15,18-20H,7-10H2,1-2H3,(H,17,21). The fourth-order valence-corrected chi connectivity index (χ4v) is 2.81. The highest BCUT2D eigenvalue weighted by Crippen LogP contribution is 2.19. The lowest BCUT2D eigenvalue weighted by Crippen LogP contribution is -2.30. The monoisotopic (exact) mass is 291 g/mol. The van der Waals surface area contributed by atoms with Crippen molar-refractivity contribution >= 4 is 5.91 Å². The topological polar surface area (TPSA) is 73.4 Å². The molecule has 5 heteroatoms. The van der Waals surface area contributed by atoms with Crippen molar-refractivity contribution in [3.05, 3.63) is 29.8 Å². The van der Waals surface area contributed by atoms with Gasteiger partial charge in [-0.3, -0.25) is 15.6 Å². The molecular weight excluding hydrogens is 266 g/mol. The number of benzene rings is 1. The molecule has 1 saturated heterocycles. The van der Waals surface area contributed by atoms with E-state index in [-0.39, 0.29) is 11.7 Å². The average molecular weight is 291 g/mol. The summed E-state index contributed by atoms with van der Waals surface area (Å²) >= 11 is 0. The molecule has 1 aliphatic rings. The Labute approximate surface area is 126 Å². The van der Waals surface area contributed by atoms with Crippen molar-refractivity contribution in [3.63, 3.8) is 0 Å². The number of hydrazine groups is 1. The van der Waals surface area contributed by atoms with Crippen LogP contribution in [0.4, 0.5) is 0 Å². The predicted octanol–water partition coefficient (Wildman–Crippen LogP) is 1.33. The molecule has 0 aliphatic carbocycles. The van der Waals surface area contributed by atoms with E-state index in [1.807, 2.05) is 12.1 Å². The minimum atomic E-state index is 0.111. The van der Waals surface area contributed by atoms with Gasteiger partial charge in [-0.25, -0.2) is 0 Å². The maximum Gasteiger partial charge on any atom is 0.220 e. The second kappa shape index (κ2) is 7.43. The van der Waals surface area contributed by atoms with Crippen LogP contribution in [0.2, 0.25) is 0 Å². The Balaban J connectivity index is 1.64. The average Bonchev–Trinajstić information content (AvgIpc) is 2.78. The van der Waals surface area contributed by atoms with Crippen LogP contribution >= 0.6 is 0 Å². The van der Waals surface area contributed by atoms with E-state index in [2.05, 4.69) is 30.0 Å². The molecule has 0 radical (unpaired) electrons. The van der Waals surface area contributed by atoms with Gasteiger partial charge in [0.25, 0.3) is 0 Å². The minimum Gasteiger partial charge on any atom is -0.508 e. The van der Waals surface area contributed by atoms with Gasteiger partial charge in [-0.15, -0.1) is 0 Å². The lowest BCUT2D eigenvalue weighted by atomic mass is 9.91. The zero-order valence-electron chi connectivity index (χ0n) is 12.7. The van der Waals surface area contributed by atoms with Crippen molar-refractivity contribution in [3.8, 4) is 5.75 Å². The SMILES string of the molecule is CC1NNC(C)C1CCC(=O)NCCc1ccc(O)cc1. The van der Waals surface area contributed by atoms with Crippen molar-refractivity contribution < 1.29 is 9.90 Å². The Morgan fingerprint density at radius 3 is 2.43 bits per heavy atom. The van der Waals surface area contributed by atoms with Crippen molar-refractivity contribution in [2.45, 2.75) is 45.2 Å². The van der Waals surface area contributed by atoms with E-state index < -0.39 is 0 Å². The van der Waals surface area contributed by atoms with Crippen LogP contribution in [0, 0.1) is 5.92 Å². The summed E-state index contributed by atoms with van der Waals surface area (Å²) in [6.45, 7) is 4.92. The van der Waals surface area contributed by atoms with Gasteiger partial charge in [-0.2, -0.15) is 0 Å². The molecule has 0 spiro atoms. The first-order valence-corrected chi connectivity index (χ1v) is 7.62. The third-order valence-corrected chi connectivity index (χ3v) is 4.20. The van der Waals surface area contributed by atoms with Crippen LogP contribution in [0.25, 0.3) is 0 Å². The summed E-state index contributed by atoms with van der Waals surface area (Å²) in [5, 5.41) is 12.2. The summed E-state index contributed by atoms with van der Waals surface area (Å²) in [6.07, 6.45) is 2.25. The van der Waals surface area contributed by atoms with Gasteiger partial charge in [0, 0.05) is 25.0 Å². The molecule has 2 atom stereocenters. The molecule has 1 aromatic carbocycles. The number of amides is 1. The van der Waals surface area contributed by atoms with E-state index in [9.17, 15) is 9.90 Å². The van der Waals surface area contributed by atoms with E-state index in [1.54, 1.807) is 12.1 Å². The number of carbonyl (C=O) groups excluding carboxylic acids is 1. The highest BCUT2D eigenvalue weighted by Gasteiger charge is 2.29. The van der Waals surface area contributed by atoms with E-state index in [4.69, 9.17) is 0 Å². The summed E-state index contributed by atoms with van der Waals surface area (Å²) in [6, 6.07) is 7.90. The molecule has 1 aromatic rings. The summed E-state index contributed by atoms with van der Waals surface area (Å²) in [5.41, 5.74) is 7.53. The van der Waals surface area contributed by atoms with Gasteiger partial charge in [-0.1, -0.05) is 12.1 Å². The Hall–Kier alpha value is -1.59. The minimum absolute atomic E-state index is 0.111. The molecule has 0 saturated carbocycles. The quantitative estimate of drug-likeness (QED) is 0.638. The van der Waals surface area contributed by atoms with E-state index >= 15 is 0 Å². The fourth-order valence-electron chi connectivity index (χ4n) is 2.81. The van der Waals surface area contributed by atoms with E-state index in [0.29, 0.717) is 31.0 Å². The van der Waals surface area contributed by atoms with Crippen LogP contribution in [-0.4, -0.2) is 29.6 Å². The van der Waals surface area contributed by atoms with Gasteiger partial charge in [0.1, 0.15) is 5.75 Å². The Bertz CT molecular complexity index is 451. The third-order valence-electron chi connectivity index (χ3n) is 4.20. The number of aromatic hydroxyl groups is 1. The molecule has 5 nitrogen and oxygen atoms in total. The highest BCUT2D eigenvalue weighted by atomic mass is 16.3. The first-order chi connectivity index (χ1) is 10.1. The lowest BCUT2D eigenvalue weighted by Gasteiger charge is -2.17. The largest absolute Gasteiger partial charge is 0.508 e. The molecule has 21 heavy (non-hydrogen) atoms. The van der Waals surface area contributed by atoms with Crippen LogP contribution in [-0.2, 0) is 11.2 Å². The molecule has 4 N–H and O–H groups in total. The Morgan fingerprint density at radius 2 is 1.81 bits per heavy atom. The van der Waals surface area contributed by atoms with Gasteiger partial charge < -0.3 is 10.4 Å². The van der Waals surface area contributed by atoms with Gasteiger partial charge in [0.15, 0.2) is 0 Å². The number of nitrogens with one attached hydrogen (secondary N) is 3. The predicted molar refractivity (Wildman–Crippen MR) is 82.7 cm³/mol. The smallest absolute Gasteiger partial charge is 0.220 e. The van der Waals surface area contributed by atoms with Gasteiger partial charge >= 0.3 is 0 Å². The number of phenolic OH excluding ortho intramolecular Hbond substituents is 1. The van der Waals surface area contributed by atoms with Gasteiger partial charge in [-0.05, 0) is 50.3 Å². The number of rotatable bonds is 6. The van der Waals surface area contributed by atoms with Crippen LogP contribution in [0.5, 0.6) is 5.75 Å². The van der Waals surface area contributed by atoms with Crippen LogP contribution < -0.4 is 16.2 Å². The number of hydrogen-bond acceptors (Lipinski definition) is 4. The second-order valence-corrected chi connectivity index (χ2v) is 5.83. The van der Waals surface area contributed by atoms with Crippen molar-refractivity contribution in [2.24, 2.45) is 5.92 Å². The molecule has 0 bridgehead atoms. The van der Waals surface area contributed by atoms with Gasteiger partial charge in [0.05, 0.1) is 0 Å². The van der Waals surface area contributed by atoms with Crippen molar-refractivity contribution in [2.75, 3.05) is 6.54 Å². The molecule has 1 aliphatic heterocycles. The summed E-state index contributed by atoms with van der Waals surface area (Å²) in [7, 11) is 0. The molecular formula is C16H25N3O2. The molecule has 1 heterocycles. The Kier molecular flexibility index (Phi) is 5.59. The maximum atomic E-state index is 11.9. The summed E-state index contributed by atoms with van der Waals surface area (Å²) in [4.78, 5) is 11.9. The van der Waals surface area contributed by atoms with Crippen molar-refractivity contribution in [1.82, 2.24) is 16.2 Å². The molecule has 0 aromatic heterocycles. The zero-order chi connectivity index (χ0) is 15.2. The third kappa shape index (κ3) is 4.72. The number of carbonyl (C=O) groups is 1. The normalized spacial score (nSPS) is 25.0. The van der Waals surface area contributed by atoms with Crippen molar-refractivity contribution in [1.29, 1.82) is 0 Å². The van der Waals surface area contributed by atoms with E-state index in [1.165, 1.54) is 0 Å². The molecule has 2 rings (SSSR count). The first-order valence-electron chi connectivity index (χ1n) is 7.62. The molecule has 116 valence electrons. The lowest BCUT2D eigenvalue weighted by molar-refractivity contribution is -0.121. The zero-order valence-corrected chi connectivity index (χ0v) is 12.7. The second-order valence-electron chi connectivity index (χ2n) is 5.83. The van der Waals surface area contributed by atoms with Crippen LogP contribution in [0.15, 0.2) is 24.3 Å².